The van der Waals surface area contributed by atoms with Crippen molar-refractivity contribution in [2.45, 2.75) is 40.2 Å². The van der Waals surface area contributed by atoms with Crippen molar-refractivity contribution in [1.82, 2.24) is 15.0 Å². The Kier molecular flexibility index (Phi) is 6.15. The van der Waals surface area contributed by atoms with E-state index in [9.17, 15) is 0 Å². The van der Waals surface area contributed by atoms with Crippen LogP contribution in [-0.2, 0) is 6.54 Å². The zero-order chi connectivity index (χ0) is 16.7. The predicted octanol–water partition coefficient (Wildman–Crippen LogP) is 4.65. The molecule has 0 amide bonds. The van der Waals surface area contributed by atoms with E-state index >= 15 is 0 Å². The lowest BCUT2D eigenvalue weighted by Gasteiger charge is -2.04. The number of rotatable bonds is 7. The molecule has 0 aliphatic rings. The fourth-order valence-corrected chi connectivity index (χ4v) is 2.31. The van der Waals surface area contributed by atoms with Crippen LogP contribution in [0.25, 0.3) is 11.3 Å². The number of hydrogen-bond acceptors (Lipinski definition) is 3. The Morgan fingerprint density at radius 3 is 2.70 bits per heavy atom. The molecule has 0 saturated heterocycles. The second-order valence-electron chi connectivity index (χ2n) is 5.90. The minimum atomic E-state index is 0.739. The fourth-order valence-electron chi connectivity index (χ4n) is 2.31. The number of aromatic nitrogens is 3. The minimum Gasteiger partial charge on any atom is -0.496 e. The second-order valence-corrected chi connectivity index (χ2v) is 5.90. The number of para-hydroxylation sites is 1. The molecule has 0 N–H and O–H groups in total. The summed E-state index contributed by atoms with van der Waals surface area (Å²) < 4.78 is 7.23. The monoisotopic (exact) mass is 311 g/mol. The number of ether oxygens (including phenoxy) is 1. The Morgan fingerprint density at radius 2 is 1.96 bits per heavy atom. The van der Waals surface area contributed by atoms with E-state index in [1.165, 1.54) is 11.1 Å². The Labute approximate surface area is 138 Å². The molecule has 122 valence electrons. The summed E-state index contributed by atoms with van der Waals surface area (Å²) in [6.45, 7) is 7.17. The zero-order valence-corrected chi connectivity index (χ0v) is 14.4. The van der Waals surface area contributed by atoms with E-state index in [1.807, 2.05) is 35.1 Å². The summed E-state index contributed by atoms with van der Waals surface area (Å²) in [6.07, 6.45) is 8.61. The van der Waals surface area contributed by atoms with Crippen molar-refractivity contribution in [1.29, 1.82) is 0 Å². The summed E-state index contributed by atoms with van der Waals surface area (Å²) in [7, 11) is 1.67. The quantitative estimate of drug-likeness (QED) is 0.699. The zero-order valence-electron chi connectivity index (χ0n) is 14.4. The van der Waals surface area contributed by atoms with Crippen LogP contribution in [0.1, 0.15) is 33.6 Å². The summed E-state index contributed by atoms with van der Waals surface area (Å²) in [5.41, 5.74) is 4.54. The maximum atomic E-state index is 5.38. The highest BCUT2D eigenvalue weighted by atomic mass is 16.5. The molecule has 0 radical (unpaired) electrons. The first-order valence-electron chi connectivity index (χ1n) is 7.92. The third-order valence-corrected chi connectivity index (χ3v) is 3.64. The summed E-state index contributed by atoms with van der Waals surface area (Å²) >= 11 is 0. The molecule has 1 aromatic heterocycles. The van der Waals surface area contributed by atoms with Crippen molar-refractivity contribution in [3.8, 4) is 17.0 Å². The van der Waals surface area contributed by atoms with Crippen LogP contribution in [0.3, 0.4) is 0 Å². The van der Waals surface area contributed by atoms with Gasteiger partial charge < -0.3 is 4.74 Å². The lowest BCUT2D eigenvalue weighted by Crippen LogP contribution is -1.96. The van der Waals surface area contributed by atoms with E-state index < -0.39 is 0 Å². The molecule has 4 heteroatoms. The van der Waals surface area contributed by atoms with Gasteiger partial charge in [-0.25, -0.2) is 4.68 Å². The van der Waals surface area contributed by atoms with E-state index in [4.69, 9.17) is 4.74 Å². The Morgan fingerprint density at radius 1 is 1.17 bits per heavy atom. The lowest BCUT2D eigenvalue weighted by molar-refractivity contribution is 0.416. The number of allylic oxidation sites excluding steroid dienone is 4. The van der Waals surface area contributed by atoms with Crippen LogP contribution in [0.4, 0.5) is 0 Å². The van der Waals surface area contributed by atoms with Crippen LogP contribution < -0.4 is 4.74 Å². The number of methoxy groups -OCH3 is 1. The van der Waals surface area contributed by atoms with Crippen molar-refractivity contribution < 1.29 is 4.74 Å². The standard InChI is InChI=1S/C19H25N3O/c1-15(2)8-7-9-16(3)12-13-22-14-18(20-21-22)17-10-5-6-11-19(17)23-4/h5-6,8,10-12,14H,7,9,13H2,1-4H3/b16-12+. The minimum absolute atomic E-state index is 0.739. The third-order valence-electron chi connectivity index (χ3n) is 3.64. The summed E-state index contributed by atoms with van der Waals surface area (Å²) in [5.74, 6) is 0.813. The molecule has 2 aromatic rings. The molecule has 2 rings (SSSR count). The highest BCUT2D eigenvalue weighted by molar-refractivity contribution is 5.65. The molecular formula is C19H25N3O. The van der Waals surface area contributed by atoms with Gasteiger partial charge in [-0.15, -0.1) is 5.10 Å². The molecule has 23 heavy (non-hydrogen) atoms. The number of hydrogen-bond donors (Lipinski definition) is 0. The van der Waals surface area contributed by atoms with Crippen LogP contribution in [0, 0.1) is 0 Å². The van der Waals surface area contributed by atoms with Gasteiger partial charge in [-0.1, -0.05) is 40.6 Å². The van der Waals surface area contributed by atoms with Gasteiger partial charge in [0.25, 0.3) is 0 Å². The molecular weight excluding hydrogens is 286 g/mol. The first-order chi connectivity index (χ1) is 11.1. The largest absolute Gasteiger partial charge is 0.496 e. The van der Waals surface area contributed by atoms with E-state index in [1.54, 1.807) is 7.11 Å². The average Bonchev–Trinajstić information content (AvgIpc) is 3.01. The molecule has 0 aliphatic heterocycles. The predicted molar refractivity (Wildman–Crippen MR) is 94.4 cm³/mol. The fraction of sp³-hybridized carbons (Fsp3) is 0.368. The Hall–Kier alpha value is -2.36. The molecule has 0 aliphatic carbocycles. The molecule has 0 spiro atoms. The second kappa shape index (κ2) is 8.32. The maximum Gasteiger partial charge on any atom is 0.128 e. The first kappa shape index (κ1) is 17.0. The van der Waals surface area contributed by atoms with Crippen molar-refractivity contribution >= 4 is 0 Å². The molecule has 0 atom stereocenters. The molecule has 0 fully saturated rings. The Bertz CT molecular complexity index is 694. The highest BCUT2D eigenvalue weighted by Crippen LogP contribution is 2.27. The number of nitrogens with zero attached hydrogens (tertiary/aromatic N) is 3. The van der Waals surface area contributed by atoms with Gasteiger partial charge in [0, 0.05) is 5.56 Å². The van der Waals surface area contributed by atoms with Crippen LogP contribution in [0.15, 0.2) is 53.8 Å². The van der Waals surface area contributed by atoms with Gasteiger partial charge in [0.2, 0.25) is 0 Å². The third kappa shape index (κ3) is 5.09. The van der Waals surface area contributed by atoms with Crippen molar-refractivity contribution in [2.24, 2.45) is 0 Å². The van der Waals surface area contributed by atoms with Gasteiger partial charge in [0.1, 0.15) is 11.4 Å². The van der Waals surface area contributed by atoms with Gasteiger partial charge in [0.05, 0.1) is 19.9 Å². The summed E-state index contributed by atoms with van der Waals surface area (Å²) in [5, 5.41) is 8.46. The van der Waals surface area contributed by atoms with Crippen LogP contribution in [-0.4, -0.2) is 22.1 Å². The molecule has 1 aromatic carbocycles. The SMILES string of the molecule is COc1ccccc1-c1cn(C/C=C(\C)CCC=C(C)C)nn1. The van der Waals surface area contributed by atoms with Crippen LogP contribution >= 0.6 is 0 Å². The van der Waals surface area contributed by atoms with E-state index in [-0.39, 0.29) is 0 Å². The van der Waals surface area contributed by atoms with E-state index in [0.717, 1.165) is 36.4 Å². The van der Waals surface area contributed by atoms with Gasteiger partial charge >= 0.3 is 0 Å². The first-order valence-corrected chi connectivity index (χ1v) is 7.92. The van der Waals surface area contributed by atoms with Crippen molar-refractivity contribution in [3.63, 3.8) is 0 Å². The van der Waals surface area contributed by atoms with Gasteiger partial charge in [-0.3, -0.25) is 0 Å². The summed E-state index contributed by atoms with van der Waals surface area (Å²) in [4.78, 5) is 0. The smallest absolute Gasteiger partial charge is 0.128 e. The summed E-state index contributed by atoms with van der Waals surface area (Å²) in [6, 6.07) is 7.85. The molecule has 0 bridgehead atoms. The van der Waals surface area contributed by atoms with Crippen LogP contribution in [0.5, 0.6) is 5.75 Å². The molecule has 0 saturated carbocycles. The van der Waals surface area contributed by atoms with Crippen molar-refractivity contribution in [3.05, 3.63) is 53.8 Å². The van der Waals surface area contributed by atoms with Gasteiger partial charge in [-0.05, 0) is 45.7 Å². The topological polar surface area (TPSA) is 39.9 Å². The van der Waals surface area contributed by atoms with Crippen molar-refractivity contribution in [2.75, 3.05) is 7.11 Å². The van der Waals surface area contributed by atoms with Gasteiger partial charge in [0.15, 0.2) is 0 Å². The lowest BCUT2D eigenvalue weighted by atomic mass is 10.1. The molecule has 0 unspecified atom stereocenters. The number of benzene rings is 1. The normalized spacial score (nSPS) is 11.4. The maximum absolute atomic E-state index is 5.38. The van der Waals surface area contributed by atoms with E-state index in [2.05, 4.69) is 43.2 Å². The van der Waals surface area contributed by atoms with Gasteiger partial charge in [-0.2, -0.15) is 0 Å². The molecule has 1 heterocycles. The molecule has 4 nitrogen and oxygen atoms in total. The van der Waals surface area contributed by atoms with E-state index in [0.29, 0.717) is 0 Å². The highest BCUT2D eigenvalue weighted by Gasteiger charge is 2.08. The average molecular weight is 311 g/mol. The Balaban J connectivity index is 2.01. The van der Waals surface area contributed by atoms with Crippen LogP contribution in [0.2, 0.25) is 0 Å².